The number of benzene rings is 1. The molecule has 0 heterocycles. The summed E-state index contributed by atoms with van der Waals surface area (Å²) in [6.07, 6.45) is -4.54. The van der Waals surface area contributed by atoms with Gasteiger partial charge in [0.2, 0.25) is 0 Å². The highest BCUT2D eigenvalue weighted by atomic mass is 79.9. The van der Waals surface area contributed by atoms with E-state index in [1.54, 1.807) is 0 Å². The van der Waals surface area contributed by atoms with Crippen LogP contribution in [0.2, 0.25) is 0 Å². The molecule has 0 aliphatic rings. The van der Waals surface area contributed by atoms with Gasteiger partial charge in [-0.3, -0.25) is 0 Å². The van der Waals surface area contributed by atoms with Crippen LogP contribution >= 0.6 is 28.3 Å². The van der Waals surface area contributed by atoms with Crippen LogP contribution in [0.1, 0.15) is 11.6 Å². The van der Waals surface area contributed by atoms with E-state index >= 15 is 0 Å². The molecule has 0 fully saturated rings. The first-order chi connectivity index (χ1) is 7.81. The Morgan fingerprint density at radius 3 is 2.06 bits per heavy atom. The first kappa shape index (κ1) is 17.3. The molecule has 2 N–H and O–H groups in total. The fourth-order valence-electron chi connectivity index (χ4n) is 1.30. The molecule has 1 atom stereocenters. The highest BCUT2D eigenvalue weighted by Crippen LogP contribution is 2.40. The van der Waals surface area contributed by atoms with Crippen LogP contribution in [0.5, 0.6) is 11.5 Å². The number of alkyl halides is 3. The van der Waals surface area contributed by atoms with E-state index < -0.39 is 12.2 Å². The van der Waals surface area contributed by atoms with Crippen LogP contribution in [0.3, 0.4) is 0 Å². The molecule has 0 aliphatic carbocycles. The van der Waals surface area contributed by atoms with Gasteiger partial charge < -0.3 is 15.2 Å². The molecule has 0 aromatic heterocycles. The maximum absolute atomic E-state index is 12.6. The van der Waals surface area contributed by atoms with Gasteiger partial charge in [0.05, 0.1) is 18.7 Å². The minimum Gasteiger partial charge on any atom is -0.496 e. The van der Waals surface area contributed by atoms with Crippen molar-refractivity contribution in [1.82, 2.24) is 0 Å². The van der Waals surface area contributed by atoms with Gasteiger partial charge >= 0.3 is 6.18 Å². The second kappa shape index (κ2) is 6.49. The van der Waals surface area contributed by atoms with E-state index in [0.717, 1.165) is 0 Å². The lowest BCUT2D eigenvalue weighted by Gasteiger charge is -2.19. The molecule has 0 amide bonds. The van der Waals surface area contributed by atoms with Crippen molar-refractivity contribution in [3.05, 3.63) is 22.2 Å². The fraction of sp³-hybridized carbons (Fsp3) is 0.400. The second-order valence-electron chi connectivity index (χ2n) is 3.25. The minimum atomic E-state index is -4.54. The Kier molecular flexibility index (Phi) is 6.25. The second-order valence-corrected chi connectivity index (χ2v) is 4.10. The van der Waals surface area contributed by atoms with Crippen molar-refractivity contribution < 1.29 is 22.6 Å². The molecule has 1 aromatic carbocycles. The average Bonchev–Trinajstić information content (AvgIpc) is 2.26. The Balaban J connectivity index is 0.00000289. The fourth-order valence-corrected chi connectivity index (χ4v) is 1.79. The van der Waals surface area contributed by atoms with E-state index in [1.807, 2.05) is 0 Å². The number of rotatable bonds is 3. The van der Waals surface area contributed by atoms with Gasteiger partial charge in [0, 0.05) is 5.56 Å². The number of halogens is 5. The van der Waals surface area contributed by atoms with Crippen LogP contribution in [-0.2, 0) is 0 Å². The van der Waals surface area contributed by atoms with Crippen molar-refractivity contribution in [2.45, 2.75) is 12.2 Å². The Morgan fingerprint density at radius 2 is 1.67 bits per heavy atom. The van der Waals surface area contributed by atoms with Crippen LogP contribution in [-0.4, -0.2) is 20.4 Å². The summed E-state index contributed by atoms with van der Waals surface area (Å²) >= 11 is 3.15. The van der Waals surface area contributed by atoms with Crippen molar-refractivity contribution in [2.75, 3.05) is 14.2 Å². The molecular weight excluding hydrogens is 338 g/mol. The zero-order valence-corrected chi connectivity index (χ0v) is 11.9. The lowest BCUT2D eigenvalue weighted by molar-refractivity contribution is -0.149. The van der Waals surface area contributed by atoms with E-state index in [1.165, 1.54) is 26.4 Å². The van der Waals surface area contributed by atoms with E-state index in [4.69, 9.17) is 15.2 Å². The summed E-state index contributed by atoms with van der Waals surface area (Å²) in [7, 11) is 2.64. The Morgan fingerprint density at radius 1 is 1.17 bits per heavy atom. The van der Waals surface area contributed by atoms with Gasteiger partial charge in [-0.1, -0.05) is 0 Å². The van der Waals surface area contributed by atoms with E-state index in [0.29, 0.717) is 4.47 Å². The highest BCUT2D eigenvalue weighted by Gasteiger charge is 2.39. The predicted molar refractivity (Wildman–Crippen MR) is 67.5 cm³/mol. The number of hydrogen-bond acceptors (Lipinski definition) is 3. The third kappa shape index (κ3) is 3.66. The monoisotopic (exact) mass is 349 g/mol. The Hall–Kier alpha value is -0.660. The van der Waals surface area contributed by atoms with Crippen molar-refractivity contribution in [3.63, 3.8) is 0 Å². The SMILES string of the molecule is COc1cc([C@@H](N)C(F)(F)F)c(OC)cc1Br.Cl. The molecule has 3 nitrogen and oxygen atoms in total. The summed E-state index contributed by atoms with van der Waals surface area (Å²) in [6.45, 7) is 0. The molecule has 0 radical (unpaired) electrons. The molecule has 8 heteroatoms. The first-order valence-corrected chi connectivity index (χ1v) is 5.34. The molecule has 1 rings (SSSR count). The lowest BCUT2D eigenvalue weighted by atomic mass is 10.1. The van der Waals surface area contributed by atoms with Crippen LogP contribution in [0, 0.1) is 0 Å². The van der Waals surface area contributed by atoms with Gasteiger partial charge in [0.15, 0.2) is 0 Å². The number of methoxy groups -OCH3 is 2. The molecule has 18 heavy (non-hydrogen) atoms. The summed E-state index contributed by atoms with van der Waals surface area (Å²) < 4.78 is 48.0. The molecule has 0 saturated carbocycles. The van der Waals surface area contributed by atoms with Crippen LogP contribution in [0.15, 0.2) is 16.6 Å². The van der Waals surface area contributed by atoms with Gasteiger partial charge in [0.1, 0.15) is 17.5 Å². The van der Waals surface area contributed by atoms with Gasteiger partial charge in [-0.25, -0.2) is 0 Å². The van der Waals surface area contributed by atoms with Crippen molar-refractivity contribution in [3.8, 4) is 11.5 Å². The molecule has 0 aliphatic heterocycles. The zero-order chi connectivity index (χ0) is 13.2. The number of nitrogens with two attached hydrogens (primary N) is 1. The van der Waals surface area contributed by atoms with Gasteiger partial charge in [-0.15, -0.1) is 12.4 Å². The summed E-state index contributed by atoms with van der Waals surface area (Å²) in [4.78, 5) is 0. The average molecular weight is 351 g/mol. The van der Waals surface area contributed by atoms with E-state index in [-0.39, 0.29) is 29.5 Å². The predicted octanol–water partition coefficient (Wildman–Crippen LogP) is 3.45. The normalized spacial score (nSPS) is 12.6. The smallest absolute Gasteiger partial charge is 0.407 e. The molecule has 0 unspecified atom stereocenters. The van der Waals surface area contributed by atoms with Crippen LogP contribution in [0.25, 0.3) is 0 Å². The van der Waals surface area contributed by atoms with Crippen molar-refractivity contribution >= 4 is 28.3 Å². The van der Waals surface area contributed by atoms with Gasteiger partial charge in [-0.2, -0.15) is 13.2 Å². The Labute approximate surface area is 117 Å². The molecular formula is C10H12BrClF3NO2. The maximum Gasteiger partial charge on any atom is 0.407 e. The van der Waals surface area contributed by atoms with Gasteiger partial charge in [-0.05, 0) is 28.1 Å². The topological polar surface area (TPSA) is 44.5 Å². The zero-order valence-electron chi connectivity index (χ0n) is 9.55. The largest absolute Gasteiger partial charge is 0.496 e. The number of hydrogen-bond donors (Lipinski definition) is 1. The van der Waals surface area contributed by atoms with Gasteiger partial charge in [0.25, 0.3) is 0 Å². The molecule has 104 valence electrons. The van der Waals surface area contributed by atoms with Crippen molar-refractivity contribution in [2.24, 2.45) is 5.73 Å². The molecule has 0 saturated heterocycles. The summed E-state index contributed by atoms with van der Waals surface area (Å²) in [5.41, 5.74) is 4.98. The Bertz CT molecular complexity index is 415. The van der Waals surface area contributed by atoms with E-state index in [9.17, 15) is 13.2 Å². The van der Waals surface area contributed by atoms with Crippen molar-refractivity contribution in [1.29, 1.82) is 0 Å². The van der Waals surface area contributed by atoms with Crippen LogP contribution in [0.4, 0.5) is 13.2 Å². The molecule has 0 bridgehead atoms. The molecule has 0 spiro atoms. The number of ether oxygens (including phenoxy) is 2. The summed E-state index contributed by atoms with van der Waals surface area (Å²) in [5, 5.41) is 0. The maximum atomic E-state index is 12.6. The lowest BCUT2D eigenvalue weighted by Crippen LogP contribution is -2.28. The van der Waals surface area contributed by atoms with Crippen LogP contribution < -0.4 is 15.2 Å². The first-order valence-electron chi connectivity index (χ1n) is 4.55. The summed E-state index contributed by atoms with van der Waals surface area (Å²) in [6, 6.07) is 0.486. The third-order valence-electron chi connectivity index (χ3n) is 2.19. The standard InChI is InChI=1S/C10H11BrF3NO2.ClH/c1-16-7-4-6(11)8(17-2)3-5(7)9(15)10(12,13)14;/h3-4,9H,15H2,1-2H3;1H/t9-;/m1./s1. The molecule has 1 aromatic rings. The highest BCUT2D eigenvalue weighted by molar-refractivity contribution is 9.10. The third-order valence-corrected chi connectivity index (χ3v) is 2.81. The quantitative estimate of drug-likeness (QED) is 0.908. The summed E-state index contributed by atoms with van der Waals surface area (Å²) in [5.74, 6) is 0.322. The van der Waals surface area contributed by atoms with E-state index in [2.05, 4.69) is 15.9 Å². The minimum absolute atomic E-state index is 0.